The molecule has 0 unspecified atom stereocenters. The Morgan fingerprint density at radius 2 is 1.87 bits per heavy atom. The number of hydrogen-bond donors (Lipinski definition) is 1. The van der Waals surface area contributed by atoms with E-state index in [1.165, 1.54) is 43.4 Å². The molecule has 0 aliphatic carbocycles. The van der Waals surface area contributed by atoms with Gasteiger partial charge in [-0.25, -0.2) is 0 Å². The topological polar surface area (TPSA) is 54.9 Å². The summed E-state index contributed by atoms with van der Waals surface area (Å²) < 4.78 is 0.930. The second kappa shape index (κ2) is 9.97. The number of aryl methyl sites for hydroxylation is 1. The molecule has 0 aliphatic rings. The first-order valence-corrected chi connectivity index (χ1v) is 9.98. The van der Waals surface area contributed by atoms with Crippen LogP contribution in [-0.2, 0) is 6.42 Å². The fourth-order valence-corrected chi connectivity index (χ4v) is 3.68. The third-order valence-corrected chi connectivity index (χ3v) is 5.39. The Balaban J connectivity index is 1.78. The van der Waals surface area contributed by atoms with Crippen LogP contribution in [0.4, 0.5) is 5.13 Å². The number of aromatic nitrogens is 2. The van der Waals surface area contributed by atoms with E-state index in [2.05, 4.69) is 45.0 Å². The Morgan fingerprint density at radius 1 is 1.13 bits per heavy atom. The first-order valence-electron chi connectivity index (χ1n) is 8.09. The van der Waals surface area contributed by atoms with Crippen molar-refractivity contribution in [2.45, 2.75) is 51.9 Å². The van der Waals surface area contributed by atoms with Crippen LogP contribution in [0, 0.1) is 3.57 Å². The molecule has 0 fully saturated rings. The molecule has 124 valence electrons. The highest BCUT2D eigenvalue weighted by Crippen LogP contribution is 2.20. The number of carbonyl (C=O) groups excluding carboxylic acids is 1. The molecule has 0 bridgehead atoms. The van der Waals surface area contributed by atoms with Gasteiger partial charge >= 0.3 is 0 Å². The lowest BCUT2D eigenvalue weighted by atomic mass is 10.1. The first kappa shape index (κ1) is 18.3. The summed E-state index contributed by atoms with van der Waals surface area (Å²) in [6.07, 6.45) is 8.55. The summed E-state index contributed by atoms with van der Waals surface area (Å²) in [6.45, 7) is 2.23. The summed E-state index contributed by atoms with van der Waals surface area (Å²) in [4.78, 5) is 12.2. The van der Waals surface area contributed by atoms with Crippen molar-refractivity contribution < 1.29 is 4.79 Å². The quantitative estimate of drug-likeness (QED) is 0.423. The highest BCUT2D eigenvalue weighted by Gasteiger charge is 2.12. The summed E-state index contributed by atoms with van der Waals surface area (Å²) in [5, 5.41) is 12.7. The van der Waals surface area contributed by atoms with E-state index in [9.17, 15) is 4.79 Å². The van der Waals surface area contributed by atoms with Crippen molar-refractivity contribution in [3.8, 4) is 0 Å². The summed E-state index contributed by atoms with van der Waals surface area (Å²) in [5.74, 6) is -0.128. The van der Waals surface area contributed by atoms with Gasteiger partial charge in [0.05, 0.1) is 5.56 Å². The second-order valence-electron chi connectivity index (χ2n) is 5.45. The average Bonchev–Trinajstić information content (AvgIpc) is 2.98. The fourth-order valence-electron chi connectivity index (χ4n) is 2.27. The smallest absolute Gasteiger partial charge is 0.258 e. The number of rotatable bonds is 9. The number of unbranched alkanes of at least 4 members (excludes halogenated alkanes) is 5. The van der Waals surface area contributed by atoms with Crippen LogP contribution in [0.5, 0.6) is 0 Å². The maximum Gasteiger partial charge on any atom is 0.258 e. The molecule has 0 spiro atoms. The zero-order valence-corrected chi connectivity index (χ0v) is 16.3. The number of anilines is 1. The molecular weight excluding hydrogens is 421 g/mol. The molecule has 0 saturated carbocycles. The molecule has 2 aromatic rings. The second-order valence-corrected chi connectivity index (χ2v) is 7.68. The molecule has 1 amide bonds. The molecule has 1 aromatic heterocycles. The number of nitrogens with zero attached hydrogens (tertiary/aromatic N) is 2. The minimum Gasteiger partial charge on any atom is -0.296 e. The van der Waals surface area contributed by atoms with Crippen LogP contribution in [0.25, 0.3) is 0 Å². The Bertz CT molecular complexity index is 630. The molecule has 0 atom stereocenters. The third kappa shape index (κ3) is 6.18. The highest BCUT2D eigenvalue weighted by molar-refractivity contribution is 14.1. The number of hydrogen-bond acceptors (Lipinski definition) is 4. The van der Waals surface area contributed by atoms with E-state index in [1.807, 2.05) is 24.3 Å². The monoisotopic (exact) mass is 443 g/mol. The van der Waals surface area contributed by atoms with Crippen LogP contribution in [-0.4, -0.2) is 16.1 Å². The van der Waals surface area contributed by atoms with E-state index in [0.29, 0.717) is 10.7 Å². The van der Waals surface area contributed by atoms with Crippen LogP contribution < -0.4 is 5.32 Å². The molecule has 2 rings (SSSR count). The van der Waals surface area contributed by atoms with Gasteiger partial charge in [-0.3, -0.25) is 10.1 Å². The van der Waals surface area contributed by atoms with Crippen molar-refractivity contribution in [2.75, 3.05) is 5.32 Å². The Morgan fingerprint density at radius 3 is 2.65 bits per heavy atom. The lowest BCUT2D eigenvalue weighted by molar-refractivity contribution is 0.102. The molecule has 23 heavy (non-hydrogen) atoms. The zero-order chi connectivity index (χ0) is 16.5. The number of amides is 1. The van der Waals surface area contributed by atoms with Gasteiger partial charge in [-0.15, -0.1) is 10.2 Å². The maximum atomic E-state index is 12.2. The summed E-state index contributed by atoms with van der Waals surface area (Å²) in [5.41, 5.74) is 0.667. The Hall–Kier alpha value is -1.02. The standard InChI is InChI=1S/C17H22IN3OS/c1-2-3-4-5-6-7-12-15-20-21-17(23-15)19-16(22)13-10-8-9-11-14(13)18/h8-11H,2-7,12H2,1H3,(H,19,21,22). The molecule has 1 aromatic carbocycles. The van der Waals surface area contributed by atoms with Crippen molar-refractivity contribution in [2.24, 2.45) is 0 Å². The van der Waals surface area contributed by atoms with E-state index in [-0.39, 0.29) is 5.91 Å². The van der Waals surface area contributed by atoms with Gasteiger partial charge in [0.1, 0.15) is 5.01 Å². The number of benzene rings is 1. The highest BCUT2D eigenvalue weighted by atomic mass is 127. The Labute approximate surface area is 155 Å². The number of halogens is 1. The number of carbonyl (C=O) groups is 1. The molecular formula is C17H22IN3OS. The molecule has 0 aliphatic heterocycles. The minimum atomic E-state index is -0.128. The van der Waals surface area contributed by atoms with Crippen molar-refractivity contribution in [1.29, 1.82) is 0 Å². The van der Waals surface area contributed by atoms with E-state index in [4.69, 9.17) is 0 Å². The number of nitrogens with one attached hydrogen (secondary N) is 1. The SMILES string of the molecule is CCCCCCCCc1nnc(NC(=O)c2ccccc2I)s1. The van der Waals surface area contributed by atoms with Crippen molar-refractivity contribution in [1.82, 2.24) is 10.2 Å². The molecule has 6 heteroatoms. The largest absolute Gasteiger partial charge is 0.296 e. The predicted molar refractivity (Wildman–Crippen MR) is 104 cm³/mol. The van der Waals surface area contributed by atoms with E-state index >= 15 is 0 Å². The van der Waals surface area contributed by atoms with Crippen molar-refractivity contribution in [3.05, 3.63) is 38.4 Å². The molecule has 4 nitrogen and oxygen atoms in total. The third-order valence-electron chi connectivity index (χ3n) is 3.55. The normalized spacial score (nSPS) is 10.7. The molecule has 1 heterocycles. The van der Waals surface area contributed by atoms with Gasteiger partial charge in [0.25, 0.3) is 5.91 Å². The summed E-state index contributed by atoms with van der Waals surface area (Å²) in [7, 11) is 0. The summed E-state index contributed by atoms with van der Waals surface area (Å²) >= 11 is 3.64. The van der Waals surface area contributed by atoms with Gasteiger partial charge in [0, 0.05) is 9.99 Å². The fraction of sp³-hybridized carbons (Fsp3) is 0.471. The maximum absolute atomic E-state index is 12.2. The van der Waals surface area contributed by atoms with Gasteiger partial charge in [0.15, 0.2) is 0 Å². The Kier molecular flexibility index (Phi) is 7.94. The molecule has 1 N–H and O–H groups in total. The van der Waals surface area contributed by atoms with E-state index in [0.717, 1.165) is 21.4 Å². The van der Waals surface area contributed by atoms with E-state index < -0.39 is 0 Å². The zero-order valence-electron chi connectivity index (χ0n) is 13.3. The van der Waals surface area contributed by atoms with Crippen LogP contribution in [0.1, 0.15) is 60.8 Å². The molecule has 0 radical (unpaired) electrons. The summed E-state index contributed by atoms with van der Waals surface area (Å²) in [6, 6.07) is 7.51. The van der Waals surface area contributed by atoms with Crippen LogP contribution in [0.2, 0.25) is 0 Å². The van der Waals surface area contributed by atoms with Gasteiger partial charge in [0.2, 0.25) is 5.13 Å². The lowest BCUT2D eigenvalue weighted by Gasteiger charge is -2.02. The van der Waals surface area contributed by atoms with Gasteiger partial charge < -0.3 is 0 Å². The first-order chi connectivity index (χ1) is 11.2. The van der Waals surface area contributed by atoms with Crippen LogP contribution >= 0.6 is 33.9 Å². The van der Waals surface area contributed by atoms with Crippen LogP contribution in [0.15, 0.2) is 24.3 Å². The molecule has 0 saturated heterocycles. The average molecular weight is 443 g/mol. The van der Waals surface area contributed by atoms with Crippen LogP contribution in [0.3, 0.4) is 0 Å². The van der Waals surface area contributed by atoms with Gasteiger partial charge in [-0.2, -0.15) is 0 Å². The van der Waals surface area contributed by atoms with Crippen molar-refractivity contribution >= 4 is 45.0 Å². The van der Waals surface area contributed by atoms with Gasteiger partial charge in [-0.1, -0.05) is 62.5 Å². The van der Waals surface area contributed by atoms with E-state index in [1.54, 1.807) is 0 Å². The lowest BCUT2D eigenvalue weighted by Crippen LogP contribution is -2.13. The predicted octanol–water partition coefficient (Wildman–Crippen LogP) is 5.30. The van der Waals surface area contributed by atoms with Crippen molar-refractivity contribution in [3.63, 3.8) is 0 Å². The minimum absolute atomic E-state index is 0.128. The van der Waals surface area contributed by atoms with Gasteiger partial charge in [-0.05, 0) is 41.1 Å².